The second kappa shape index (κ2) is 9.20. The average molecular weight is 458 g/mol. The number of benzene rings is 2. The Labute approximate surface area is 188 Å². The lowest BCUT2D eigenvalue weighted by atomic mass is 10.1. The number of amides is 2. The summed E-state index contributed by atoms with van der Waals surface area (Å²) >= 11 is 0. The van der Waals surface area contributed by atoms with Crippen LogP contribution in [0.2, 0.25) is 0 Å². The summed E-state index contributed by atoms with van der Waals surface area (Å²) < 4.78 is 31.7. The second-order valence-corrected chi connectivity index (χ2v) is 9.99. The standard InChI is InChI=1S/C23H27N3O5S/c1-32(29,30)26-16-13-21(31-20-12-6-5-11-19(20)26)22(27)24-18-10-4-3-9-17(18)23(28)25-14-7-2-8-15-25/h3-6,9-12,21H,2,7-8,13-16H2,1H3,(H,24,27)/t21-/m0/s1. The van der Waals surface area contributed by atoms with Crippen molar-refractivity contribution in [2.45, 2.75) is 31.8 Å². The molecular formula is C23H27N3O5S. The number of hydrogen-bond donors (Lipinski definition) is 1. The number of nitrogens with one attached hydrogen (secondary N) is 1. The van der Waals surface area contributed by atoms with Crippen molar-refractivity contribution >= 4 is 33.2 Å². The van der Waals surface area contributed by atoms with Crippen LogP contribution in [0.4, 0.5) is 11.4 Å². The molecule has 1 N–H and O–H groups in total. The topological polar surface area (TPSA) is 96.0 Å². The van der Waals surface area contributed by atoms with Crippen LogP contribution in [0.3, 0.4) is 0 Å². The summed E-state index contributed by atoms with van der Waals surface area (Å²) in [5.41, 5.74) is 1.27. The van der Waals surface area contributed by atoms with E-state index in [-0.39, 0.29) is 18.9 Å². The van der Waals surface area contributed by atoms with Crippen molar-refractivity contribution in [3.63, 3.8) is 0 Å². The monoisotopic (exact) mass is 457 g/mol. The van der Waals surface area contributed by atoms with E-state index in [1.165, 1.54) is 4.31 Å². The zero-order valence-corrected chi connectivity index (χ0v) is 18.8. The summed E-state index contributed by atoms with van der Waals surface area (Å²) in [6, 6.07) is 13.7. The highest BCUT2D eigenvalue weighted by atomic mass is 32.2. The maximum Gasteiger partial charge on any atom is 0.265 e. The molecule has 4 rings (SSSR count). The number of likely N-dealkylation sites (tertiary alicyclic amines) is 1. The van der Waals surface area contributed by atoms with Crippen molar-refractivity contribution in [1.29, 1.82) is 0 Å². The number of anilines is 2. The van der Waals surface area contributed by atoms with Crippen molar-refractivity contribution in [3.8, 4) is 5.75 Å². The van der Waals surface area contributed by atoms with E-state index in [4.69, 9.17) is 4.74 Å². The molecule has 2 aliphatic rings. The molecule has 0 radical (unpaired) electrons. The SMILES string of the molecule is CS(=O)(=O)N1CC[C@@H](C(=O)Nc2ccccc2C(=O)N2CCCCC2)Oc2ccccc21. The molecule has 1 saturated heterocycles. The number of rotatable bonds is 4. The minimum Gasteiger partial charge on any atom is -0.478 e. The fourth-order valence-electron chi connectivity index (χ4n) is 4.12. The molecule has 0 bridgehead atoms. The largest absolute Gasteiger partial charge is 0.478 e. The Morgan fingerprint density at radius 1 is 0.969 bits per heavy atom. The Kier molecular flexibility index (Phi) is 6.36. The Hall–Kier alpha value is -3.07. The predicted octanol–water partition coefficient (Wildman–Crippen LogP) is 2.87. The lowest BCUT2D eigenvalue weighted by Gasteiger charge is -2.27. The first kappa shape index (κ1) is 22.1. The fraction of sp³-hybridized carbons (Fsp3) is 0.391. The number of sulfonamides is 1. The van der Waals surface area contributed by atoms with Crippen LogP contribution in [0.15, 0.2) is 48.5 Å². The van der Waals surface area contributed by atoms with Gasteiger partial charge in [0.25, 0.3) is 11.8 Å². The number of piperidine rings is 1. The Bertz CT molecular complexity index is 1110. The highest BCUT2D eigenvalue weighted by molar-refractivity contribution is 7.92. The molecule has 0 saturated carbocycles. The van der Waals surface area contributed by atoms with E-state index in [2.05, 4.69) is 5.32 Å². The van der Waals surface area contributed by atoms with E-state index in [0.717, 1.165) is 25.5 Å². The Morgan fingerprint density at radius 2 is 1.66 bits per heavy atom. The van der Waals surface area contributed by atoms with Crippen LogP contribution in [0.5, 0.6) is 5.75 Å². The minimum atomic E-state index is -3.53. The molecule has 1 fully saturated rings. The van der Waals surface area contributed by atoms with Gasteiger partial charge in [-0.2, -0.15) is 0 Å². The highest BCUT2D eigenvalue weighted by Gasteiger charge is 2.31. The first-order chi connectivity index (χ1) is 15.3. The number of ether oxygens (including phenoxy) is 1. The third-order valence-electron chi connectivity index (χ3n) is 5.75. The summed E-state index contributed by atoms with van der Waals surface area (Å²) in [6.45, 7) is 1.54. The van der Waals surface area contributed by atoms with Crippen LogP contribution in [0.25, 0.3) is 0 Å². The third kappa shape index (κ3) is 4.72. The van der Waals surface area contributed by atoms with E-state index in [1.807, 2.05) is 4.90 Å². The van der Waals surface area contributed by atoms with E-state index >= 15 is 0 Å². The van der Waals surface area contributed by atoms with Crippen LogP contribution in [-0.2, 0) is 14.8 Å². The van der Waals surface area contributed by atoms with Crippen LogP contribution < -0.4 is 14.4 Å². The van der Waals surface area contributed by atoms with E-state index < -0.39 is 22.0 Å². The molecule has 0 aliphatic carbocycles. The molecule has 0 unspecified atom stereocenters. The Morgan fingerprint density at radius 3 is 2.41 bits per heavy atom. The molecule has 9 heteroatoms. The quantitative estimate of drug-likeness (QED) is 0.762. The van der Waals surface area contributed by atoms with Crippen molar-refractivity contribution < 1.29 is 22.7 Å². The molecule has 8 nitrogen and oxygen atoms in total. The molecule has 2 aromatic rings. The molecular weight excluding hydrogens is 430 g/mol. The third-order valence-corrected chi connectivity index (χ3v) is 6.93. The number of fused-ring (bicyclic) bond motifs is 1. The smallest absolute Gasteiger partial charge is 0.265 e. The lowest BCUT2D eigenvalue weighted by molar-refractivity contribution is -0.122. The van der Waals surface area contributed by atoms with Crippen molar-refractivity contribution in [2.24, 2.45) is 0 Å². The normalized spacial score (nSPS) is 18.8. The first-order valence-corrected chi connectivity index (χ1v) is 12.6. The summed E-state index contributed by atoms with van der Waals surface area (Å²) in [5.74, 6) is -0.196. The van der Waals surface area contributed by atoms with Gasteiger partial charge in [0.15, 0.2) is 6.10 Å². The zero-order chi connectivity index (χ0) is 22.7. The maximum atomic E-state index is 13.1. The number of para-hydroxylation sites is 3. The molecule has 2 aliphatic heterocycles. The van der Waals surface area contributed by atoms with E-state index in [9.17, 15) is 18.0 Å². The van der Waals surface area contributed by atoms with Gasteiger partial charge in [-0.3, -0.25) is 13.9 Å². The van der Waals surface area contributed by atoms with Crippen LogP contribution in [0, 0.1) is 0 Å². The Balaban J connectivity index is 1.55. The second-order valence-electron chi connectivity index (χ2n) is 8.09. The van der Waals surface area contributed by atoms with Gasteiger partial charge >= 0.3 is 0 Å². The summed E-state index contributed by atoms with van der Waals surface area (Å²) in [7, 11) is -3.53. The van der Waals surface area contributed by atoms with Crippen LogP contribution in [-0.4, -0.2) is 57.1 Å². The predicted molar refractivity (Wildman–Crippen MR) is 122 cm³/mol. The van der Waals surface area contributed by atoms with Gasteiger partial charge in [0.1, 0.15) is 5.75 Å². The lowest BCUT2D eigenvalue weighted by Crippen LogP contribution is -2.38. The van der Waals surface area contributed by atoms with Crippen molar-refractivity contribution in [1.82, 2.24) is 4.90 Å². The molecule has 2 aromatic carbocycles. The van der Waals surface area contributed by atoms with Gasteiger partial charge in [0, 0.05) is 26.1 Å². The van der Waals surface area contributed by atoms with Gasteiger partial charge in [-0.25, -0.2) is 8.42 Å². The number of nitrogens with zero attached hydrogens (tertiary/aromatic N) is 2. The van der Waals surface area contributed by atoms with Crippen molar-refractivity contribution in [3.05, 3.63) is 54.1 Å². The zero-order valence-electron chi connectivity index (χ0n) is 18.0. The van der Waals surface area contributed by atoms with Gasteiger partial charge in [-0.1, -0.05) is 24.3 Å². The molecule has 170 valence electrons. The van der Waals surface area contributed by atoms with Gasteiger partial charge < -0.3 is 15.0 Å². The van der Waals surface area contributed by atoms with Gasteiger partial charge in [-0.05, 0) is 43.5 Å². The van der Waals surface area contributed by atoms with Crippen molar-refractivity contribution in [2.75, 3.05) is 35.5 Å². The molecule has 1 atom stereocenters. The molecule has 0 aromatic heterocycles. The van der Waals surface area contributed by atoms with Gasteiger partial charge in [-0.15, -0.1) is 0 Å². The highest BCUT2D eigenvalue weighted by Crippen LogP contribution is 2.34. The molecule has 32 heavy (non-hydrogen) atoms. The minimum absolute atomic E-state index is 0.101. The molecule has 0 spiro atoms. The number of carbonyl (C=O) groups excluding carboxylic acids is 2. The first-order valence-electron chi connectivity index (χ1n) is 10.8. The number of carbonyl (C=O) groups is 2. The molecule has 2 heterocycles. The van der Waals surface area contributed by atoms with Crippen LogP contribution >= 0.6 is 0 Å². The van der Waals surface area contributed by atoms with Crippen LogP contribution in [0.1, 0.15) is 36.0 Å². The summed E-state index contributed by atoms with van der Waals surface area (Å²) in [6.07, 6.45) is 3.48. The number of hydrogen-bond acceptors (Lipinski definition) is 5. The maximum absolute atomic E-state index is 13.1. The average Bonchev–Trinajstić information content (AvgIpc) is 2.99. The van der Waals surface area contributed by atoms with Gasteiger partial charge in [0.2, 0.25) is 10.0 Å². The van der Waals surface area contributed by atoms with E-state index in [0.29, 0.717) is 35.8 Å². The fourth-order valence-corrected chi connectivity index (χ4v) is 5.06. The van der Waals surface area contributed by atoms with E-state index in [1.54, 1.807) is 48.5 Å². The summed E-state index contributed by atoms with van der Waals surface area (Å²) in [4.78, 5) is 27.9. The summed E-state index contributed by atoms with van der Waals surface area (Å²) in [5, 5.41) is 2.83. The molecule has 2 amide bonds. The van der Waals surface area contributed by atoms with Gasteiger partial charge in [0.05, 0.1) is 23.2 Å².